The van der Waals surface area contributed by atoms with Crippen molar-refractivity contribution in [3.8, 4) is 0 Å². The van der Waals surface area contributed by atoms with Crippen molar-refractivity contribution in [2.24, 2.45) is 0 Å². The number of esters is 3. The molecule has 0 rings (SSSR count). The Morgan fingerprint density at radius 3 is 1.06 bits per heavy atom. The highest BCUT2D eigenvalue weighted by Crippen LogP contribution is 2.14. The van der Waals surface area contributed by atoms with E-state index in [4.69, 9.17) is 14.2 Å². The number of unbranched alkanes of at least 4 members (excludes halogenated alkanes) is 21. The van der Waals surface area contributed by atoms with Crippen LogP contribution in [0.1, 0.15) is 239 Å². The molecule has 1 atom stereocenters. The number of carbonyl (C=O) groups excluding carboxylic acids is 3. The van der Waals surface area contributed by atoms with Crippen LogP contribution in [0.4, 0.5) is 0 Å². The maximum Gasteiger partial charge on any atom is 0.306 e. The molecule has 0 amide bonds. The molecule has 0 heterocycles. The molecule has 0 radical (unpaired) electrons. The predicted molar refractivity (Wildman–Crippen MR) is 270 cm³/mol. The maximum absolute atomic E-state index is 12.8. The molecule has 0 aliphatic carbocycles. The van der Waals surface area contributed by atoms with Gasteiger partial charge in [-0.2, -0.15) is 0 Å². The third-order valence-corrected chi connectivity index (χ3v) is 10.9. The Balaban J connectivity index is 4.52. The van der Waals surface area contributed by atoms with Crippen LogP contribution in [-0.2, 0) is 28.6 Å². The van der Waals surface area contributed by atoms with Crippen LogP contribution in [0.25, 0.3) is 0 Å². The molecule has 63 heavy (non-hydrogen) atoms. The molecule has 0 saturated heterocycles. The van der Waals surface area contributed by atoms with E-state index < -0.39 is 6.10 Å². The van der Waals surface area contributed by atoms with Gasteiger partial charge in [0.05, 0.1) is 0 Å². The molecule has 0 aromatic carbocycles. The Labute approximate surface area is 388 Å². The molecule has 0 aromatic rings. The summed E-state index contributed by atoms with van der Waals surface area (Å²) in [7, 11) is 0. The lowest BCUT2D eigenvalue weighted by Crippen LogP contribution is -2.30. The van der Waals surface area contributed by atoms with Gasteiger partial charge in [-0.15, -0.1) is 0 Å². The van der Waals surface area contributed by atoms with Crippen molar-refractivity contribution in [2.75, 3.05) is 13.2 Å². The van der Waals surface area contributed by atoms with Crippen molar-refractivity contribution >= 4 is 17.9 Å². The van der Waals surface area contributed by atoms with Gasteiger partial charge in [0.25, 0.3) is 0 Å². The Morgan fingerprint density at radius 2 is 0.635 bits per heavy atom. The molecular weight excluding hydrogens is 781 g/mol. The molecule has 0 aromatic heterocycles. The summed E-state index contributed by atoms with van der Waals surface area (Å²) < 4.78 is 16.7. The zero-order valence-electron chi connectivity index (χ0n) is 41.1. The lowest BCUT2D eigenvalue weighted by molar-refractivity contribution is -0.167. The van der Waals surface area contributed by atoms with Crippen LogP contribution >= 0.6 is 0 Å². The Hall–Kier alpha value is -3.41. The summed E-state index contributed by atoms with van der Waals surface area (Å²) >= 11 is 0. The average molecular weight is 877 g/mol. The average Bonchev–Trinajstić information content (AvgIpc) is 3.28. The second-order valence-corrected chi connectivity index (χ2v) is 17.1. The molecule has 0 saturated carbocycles. The number of hydrogen-bond acceptors (Lipinski definition) is 6. The van der Waals surface area contributed by atoms with Crippen molar-refractivity contribution in [1.82, 2.24) is 0 Å². The largest absolute Gasteiger partial charge is 0.462 e. The molecule has 0 spiro atoms. The fourth-order valence-electron chi connectivity index (χ4n) is 6.98. The van der Waals surface area contributed by atoms with Gasteiger partial charge in [0, 0.05) is 19.3 Å². The van der Waals surface area contributed by atoms with Crippen LogP contribution in [0.5, 0.6) is 0 Å². The first-order chi connectivity index (χ1) is 31.0. The Kier molecular flexibility index (Phi) is 48.5. The summed E-state index contributed by atoms with van der Waals surface area (Å²) in [5.41, 5.74) is 0. The normalized spacial score (nSPS) is 12.7. The van der Waals surface area contributed by atoms with Gasteiger partial charge < -0.3 is 14.2 Å². The van der Waals surface area contributed by atoms with Gasteiger partial charge in [-0.1, -0.05) is 215 Å². The Morgan fingerprint density at radius 1 is 0.333 bits per heavy atom. The predicted octanol–water partition coefficient (Wildman–Crippen LogP) is 17.2. The summed E-state index contributed by atoms with van der Waals surface area (Å²) in [6.07, 6.45) is 65.7. The number of hydrogen-bond donors (Lipinski definition) is 0. The highest BCUT2D eigenvalue weighted by Gasteiger charge is 2.19. The van der Waals surface area contributed by atoms with Gasteiger partial charge in [-0.05, 0) is 89.9 Å². The summed E-state index contributed by atoms with van der Waals surface area (Å²) in [5.74, 6) is -1.00. The van der Waals surface area contributed by atoms with Crippen LogP contribution in [-0.4, -0.2) is 37.2 Å². The second-order valence-electron chi connectivity index (χ2n) is 17.1. The molecule has 0 bridgehead atoms. The molecule has 6 nitrogen and oxygen atoms in total. The van der Waals surface area contributed by atoms with E-state index in [2.05, 4.69) is 106 Å². The molecule has 0 aliphatic heterocycles. The van der Waals surface area contributed by atoms with E-state index in [1.54, 1.807) is 0 Å². The zero-order valence-corrected chi connectivity index (χ0v) is 41.1. The van der Waals surface area contributed by atoms with Gasteiger partial charge in [0.15, 0.2) is 6.10 Å². The standard InChI is InChI=1S/C57H96O6/c1-4-7-10-13-16-19-22-25-27-28-30-32-35-38-41-44-47-50-56(59)62-53-54(52-61-55(58)49-46-43-40-37-34-31-24-21-18-15-12-9-6-3)63-57(60)51-48-45-42-39-36-33-29-26-23-20-17-14-11-8-5-2/h8,11,17,20,25-27,29-30,32,36,38-39,41,54H,4-7,9-10,12-16,18-19,21-24,28,31,33-35,37,40,42-53H2,1-3H3/b11-8-,20-17-,27-25-,29-26-,32-30-,39-36-,41-38-/t54-/m0/s1. The first-order valence-corrected chi connectivity index (χ1v) is 26.1. The molecule has 0 N–H and O–H groups in total. The van der Waals surface area contributed by atoms with Crippen LogP contribution < -0.4 is 0 Å². The molecule has 360 valence electrons. The third-order valence-electron chi connectivity index (χ3n) is 10.9. The van der Waals surface area contributed by atoms with Gasteiger partial charge in [0.1, 0.15) is 13.2 Å². The smallest absolute Gasteiger partial charge is 0.306 e. The molecular formula is C57H96O6. The number of ether oxygens (including phenoxy) is 3. The fraction of sp³-hybridized carbons (Fsp3) is 0.702. The van der Waals surface area contributed by atoms with Crippen LogP contribution in [0.15, 0.2) is 85.1 Å². The summed E-state index contributed by atoms with van der Waals surface area (Å²) in [6.45, 7) is 6.43. The molecule has 0 aliphatic rings. The summed E-state index contributed by atoms with van der Waals surface area (Å²) in [5, 5.41) is 0. The van der Waals surface area contributed by atoms with Crippen molar-refractivity contribution in [3.63, 3.8) is 0 Å². The summed E-state index contributed by atoms with van der Waals surface area (Å²) in [4.78, 5) is 37.9. The minimum Gasteiger partial charge on any atom is -0.462 e. The first kappa shape index (κ1) is 59.6. The Bertz CT molecular complexity index is 1240. The lowest BCUT2D eigenvalue weighted by Gasteiger charge is -2.18. The monoisotopic (exact) mass is 877 g/mol. The second kappa shape index (κ2) is 51.2. The van der Waals surface area contributed by atoms with E-state index in [1.807, 2.05) is 0 Å². The SMILES string of the molecule is CC/C=C\C/C=C\C/C=C\C/C=C\CCCCC(=O)O[C@H](COC(=O)CCC/C=C\C/C=C\C/C=C\CCCCCCCC)COC(=O)CCCCCCCCCCCCCCC. The van der Waals surface area contributed by atoms with Crippen molar-refractivity contribution < 1.29 is 28.6 Å². The molecule has 0 fully saturated rings. The van der Waals surface area contributed by atoms with E-state index >= 15 is 0 Å². The fourth-order valence-corrected chi connectivity index (χ4v) is 6.98. The van der Waals surface area contributed by atoms with Crippen LogP contribution in [0, 0.1) is 0 Å². The van der Waals surface area contributed by atoms with E-state index in [0.29, 0.717) is 19.3 Å². The van der Waals surface area contributed by atoms with E-state index in [1.165, 1.54) is 109 Å². The highest BCUT2D eigenvalue weighted by atomic mass is 16.6. The van der Waals surface area contributed by atoms with Crippen molar-refractivity contribution in [1.29, 1.82) is 0 Å². The van der Waals surface area contributed by atoms with E-state index in [-0.39, 0.29) is 44.0 Å². The summed E-state index contributed by atoms with van der Waals surface area (Å²) in [6, 6.07) is 0. The maximum atomic E-state index is 12.8. The minimum absolute atomic E-state index is 0.108. The zero-order chi connectivity index (χ0) is 45.8. The van der Waals surface area contributed by atoms with Crippen LogP contribution in [0.2, 0.25) is 0 Å². The lowest BCUT2D eigenvalue weighted by atomic mass is 10.0. The van der Waals surface area contributed by atoms with Gasteiger partial charge in [-0.3, -0.25) is 14.4 Å². The molecule has 0 unspecified atom stereocenters. The first-order valence-electron chi connectivity index (χ1n) is 26.1. The third kappa shape index (κ3) is 49.5. The minimum atomic E-state index is -0.816. The number of allylic oxidation sites excluding steroid dienone is 14. The van der Waals surface area contributed by atoms with Crippen molar-refractivity contribution in [3.05, 3.63) is 85.1 Å². The molecule has 6 heteroatoms. The van der Waals surface area contributed by atoms with Crippen LogP contribution in [0.3, 0.4) is 0 Å². The van der Waals surface area contributed by atoms with Gasteiger partial charge >= 0.3 is 17.9 Å². The van der Waals surface area contributed by atoms with Crippen molar-refractivity contribution in [2.45, 2.75) is 245 Å². The van der Waals surface area contributed by atoms with Gasteiger partial charge in [0.2, 0.25) is 0 Å². The number of carbonyl (C=O) groups is 3. The quantitative estimate of drug-likeness (QED) is 0.0262. The van der Waals surface area contributed by atoms with Gasteiger partial charge in [-0.25, -0.2) is 0 Å². The van der Waals surface area contributed by atoms with E-state index in [0.717, 1.165) is 77.0 Å². The number of rotatable bonds is 46. The van der Waals surface area contributed by atoms with E-state index in [9.17, 15) is 14.4 Å². The highest BCUT2D eigenvalue weighted by molar-refractivity contribution is 5.71. The topological polar surface area (TPSA) is 78.9 Å².